The molecule has 1 atom stereocenters. The second kappa shape index (κ2) is 5.61. The van der Waals surface area contributed by atoms with Gasteiger partial charge in [0.15, 0.2) is 5.78 Å². The Morgan fingerprint density at radius 2 is 2.26 bits per heavy atom. The van der Waals surface area contributed by atoms with Crippen LogP contribution in [-0.2, 0) is 0 Å². The number of benzene rings is 1. The van der Waals surface area contributed by atoms with Crippen LogP contribution < -0.4 is 15.4 Å². The third-order valence-corrected chi connectivity index (χ3v) is 3.54. The van der Waals surface area contributed by atoms with Crippen molar-refractivity contribution in [1.29, 1.82) is 0 Å². The number of ketones is 1. The number of hydrogen-bond acceptors (Lipinski definition) is 4. The minimum Gasteiger partial charge on any atom is -0.486 e. The fourth-order valence-corrected chi connectivity index (χ4v) is 2.28. The van der Waals surface area contributed by atoms with Gasteiger partial charge in [0.1, 0.15) is 11.9 Å². The van der Waals surface area contributed by atoms with E-state index in [1.165, 1.54) is 0 Å². The number of anilines is 1. The van der Waals surface area contributed by atoms with Crippen LogP contribution in [0.2, 0.25) is 0 Å². The van der Waals surface area contributed by atoms with Gasteiger partial charge in [-0.2, -0.15) is 0 Å². The molecule has 1 heterocycles. The molecule has 0 saturated heterocycles. The molecule has 0 bridgehead atoms. The van der Waals surface area contributed by atoms with Crippen molar-refractivity contribution in [2.75, 3.05) is 25.0 Å². The van der Waals surface area contributed by atoms with E-state index >= 15 is 0 Å². The number of ether oxygens (including phenoxy) is 1. The Kier molecular flexibility index (Phi) is 4.10. The maximum atomic E-state index is 11.9. The largest absolute Gasteiger partial charge is 0.486 e. The first-order valence-corrected chi connectivity index (χ1v) is 6.78. The molecule has 4 nitrogen and oxygen atoms in total. The van der Waals surface area contributed by atoms with Crippen molar-refractivity contribution < 1.29 is 9.53 Å². The van der Waals surface area contributed by atoms with Crippen molar-refractivity contribution in [3.63, 3.8) is 0 Å². The van der Waals surface area contributed by atoms with E-state index in [-0.39, 0.29) is 11.9 Å². The molecule has 0 aromatic heterocycles. The molecule has 1 aliphatic heterocycles. The topological polar surface area (TPSA) is 55.6 Å². The van der Waals surface area contributed by atoms with Crippen LogP contribution in [0.25, 0.3) is 0 Å². The van der Waals surface area contributed by atoms with Crippen LogP contribution >= 0.6 is 0 Å². The van der Waals surface area contributed by atoms with E-state index < -0.39 is 0 Å². The molecular weight excluding hydrogens is 240 g/mol. The molecule has 2 N–H and O–H groups in total. The summed E-state index contributed by atoms with van der Waals surface area (Å²) in [6.07, 6.45) is 0.584. The van der Waals surface area contributed by atoms with Crippen molar-refractivity contribution in [1.82, 2.24) is 0 Å². The first-order chi connectivity index (χ1) is 9.02. The molecule has 1 aromatic rings. The van der Waals surface area contributed by atoms with Gasteiger partial charge in [-0.1, -0.05) is 13.8 Å². The minimum atomic E-state index is 0.0877. The lowest BCUT2D eigenvalue weighted by Gasteiger charge is -2.36. The van der Waals surface area contributed by atoms with Gasteiger partial charge >= 0.3 is 0 Å². The molecule has 0 amide bonds. The fourth-order valence-electron chi connectivity index (χ4n) is 2.28. The highest BCUT2D eigenvalue weighted by molar-refractivity contribution is 5.97. The molecule has 1 unspecified atom stereocenters. The minimum absolute atomic E-state index is 0.0877. The summed E-state index contributed by atoms with van der Waals surface area (Å²) in [6, 6.07) is 5.63. The van der Waals surface area contributed by atoms with Crippen LogP contribution in [0.5, 0.6) is 5.75 Å². The van der Waals surface area contributed by atoms with Gasteiger partial charge in [0, 0.05) is 19.0 Å². The number of carbonyl (C=O) groups excluding carboxylic acids is 1. The third-order valence-electron chi connectivity index (χ3n) is 3.54. The van der Waals surface area contributed by atoms with Gasteiger partial charge in [-0.15, -0.1) is 0 Å². The number of rotatable bonds is 4. The van der Waals surface area contributed by atoms with E-state index in [2.05, 4.69) is 18.7 Å². The zero-order valence-corrected chi connectivity index (χ0v) is 11.8. The Morgan fingerprint density at radius 3 is 2.89 bits per heavy atom. The SMILES string of the molecule is CC(C)C1CN(C)c2cc(C(=O)CCN)ccc2O1. The number of carbonyl (C=O) groups is 1. The van der Waals surface area contributed by atoms with Gasteiger partial charge in [0.25, 0.3) is 0 Å². The monoisotopic (exact) mass is 262 g/mol. The first kappa shape index (κ1) is 13.9. The highest BCUT2D eigenvalue weighted by Crippen LogP contribution is 2.35. The molecule has 0 spiro atoms. The van der Waals surface area contributed by atoms with Crippen LogP contribution in [-0.4, -0.2) is 32.0 Å². The normalized spacial score (nSPS) is 18.2. The Hall–Kier alpha value is -1.55. The second-order valence-electron chi connectivity index (χ2n) is 5.43. The lowest BCUT2D eigenvalue weighted by atomic mass is 10.0. The summed E-state index contributed by atoms with van der Waals surface area (Å²) in [5.74, 6) is 1.41. The van der Waals surface area contributed by atoms with Crippen molar-refractivity contribution in [2.24, 2.45) is 11.7 Å². The van der Waals surface area contributed by atoms with Crippen LogP contribution in [0.1, 0.15) is 30.6 Å². The van der Waals surface area contributed by atoms with Crippen molar-refractivity contribution >= 4 is 11.5 Å². The van der Waals surface area contributed by atoms with Gasteiger partial charge in [-0.3, -0.25) is 4.79 Å². The number of Topliss-reactive ketones (excluding diaryl/α,β-unsaturated/α-hetero) is 1. The highest BCUT2D eigenvalue weighted by Gasteiger charge is 2.26. The summed E-state index contributed by atoms with van der Waals surface area (Å²) in [7, 11) is 2.04. The van der Waals surface area contributed by atoms with Crippen molar-refractivity contribution in [2.45, 2.75) is 26.4 Å². The summed E-state index contributed by atoms with van der Waals surface area (Å²) in [6.45, 7) is 5.54. The zero-order chi connectivity index (χ0) is 14.0. The molecule has 0 fully saturated rings. The Morgan fingerprint density at radius 1 is 1.53 bits per heavy atom. The van der Waals surface area contributed by atoms with E-state index in [1.807, 2.05) is 25.2 Å². The number of likely N-dealkylation sites (N-methyl/N-ethyl adjacent to an activating group) is 1. The summed E-state index contributed by atoms with van der Waals surface area (Å²) >= 11 is 0. The molecule has 0 saturated carbocycles. The lowest BCUT2D eigenvalue weighted by Crippen LogP contribution is -2.40. The zero-order valence-electron chi connectivity index (χ0n) is 11.8. The van der Waals surface area contributed by atoms with E-state index in [9.17, 15) is 4.79 Å². The molecular formula is C15H22N2O2. The van der Waals surface area contributed by atoms with E-state index in [0.717, 1.165) is 18.0 Å². The van der Waals surface area contributed by atoms with E-state index in [0.29, 0.717) is 24.4 Å². The highest BCUT2D eigenvalue weighted by atomic mass is 16.5. The maximum Gasteiger partial charge on any atom is 0.164 e. The van der Waals surface area contributed by atoms with Gasteiger partial charge in [-0.25, -0.2) is 0 Å². The average molecular weight is 262 g/mol. The van der Waals surface area contributed by atoms with Crippen molar-refractivity contribution in [3.8, 4) is 5.75 Å². The molecule has 2 rings (SSSR count). The lowest BCUT2D eigenvalue weighted by molar-refractivity contribution is 0.0985. The van der Waals surface area contributed by atoms with E-state index in [1.54, 1.807) is 0 Å². The summed E-state index contributed by atoms with van der Waals surface area (Å²) < 4.78 is 5.98. The maximum absolute atomic E-state index is 11.9. The van der Waals surface area contributed by atoms with Crippen LogP contribution in [0.15, 0.2) is 18.2 Å². The molecule has 19 heavy (non-hydrogen) atoms. The smallest absolute Gasteiger partial charge is 0.164 e. The van der Waals surface area contributed by atoms with Gasteiger partial charge in [-0.05, 0) is 30.7 Å². The Labute approximate surface area is 114 Å². The Balaban J connectivity index is 2.26. The molecule has 1 aromatic carbocycles. The predicted octanol–water partition coefficient (Wildman–Crippen LogP) is 2.07. The fraction of sp³-hybridized carbons (Fsp3) is 0.533. The first-order valence-electron chi connectivity index (χ1n) is 6.78. The van der Waals surface area contributed by atoms with Gasteiger partial charge in [0.05, 0.1) is 12.2 Å². The van der Waals surface area contributed by atoms with E-state index in [4.69, 9.17) is 10.5 Å². The second-order valence-corrected chi connectivity index (χ2v) is 5.43. The molecule has 0 aliphatic carbocycles. The summed E-state index contributed by atoms with van der Waals surface area (Å²) in [5.41, 5.74) is 7.12. The number of nitrogens with zero attached hydrogens (tertiary/aromatic N) is 1. The summed E-state index contributed by atoms with van der Waals surface area (Å²) in [5, 5.41) is 0. The van der Waals surface area contributed by atoms with Crippen LogP contribution in [0, 0.1) is 5.92 Å². The van der Waals surface area contributed by atoms with Crippen LogP contribution in [0.3, 0.4) is 0 Å². The standard InChI is InChI=1S/C15H22N2O2/c1-10(2)15-9-17(3)12-8-11(13(18)6-7-16)4-5-14(12)19-15/h4-5,8,10,15H,6-7,9,16H2,1-3H3. The van der Waals surface area contributed by atoms with Crippen LogP contribution in [0.4, 0.5) is 5.69 Å². The molecule has 0 radical (unpaired) electrons. The number of nitrogens with two attached hydrogens (primary N) is 1. The predicted molar refractivity (Wildman–Crippen MR) is 77.0 cm³/mol. The molecule has 1 aliphatic rings. The van der Waals surface area contributed by atoms with Crippen molar-refractivity contribution in [3.05, 3.63) is 23.8 Å². The molecule has 4 heteroatoms. The Bertz CT molecular complexity index is 471. The number of fused-ring (bicyclic) bond motifs is 1. The van der Waals surface area contributed by atoms with Gasteiger partial charge in [0.2, 0.25) is 0 Å². The average Bonchev–Trinajstić information content (AvgIpc) is 2.38. The third kappa shape index (κ3) is 2.89. The summed E-state index contributed by atoms with van der Waals surface area (Å²) in [4.78, 5) is 14.0. The van der Waals surface area contributed by atoms with Gasteiger partial charge < -0.3 is 15.4 Å². The quantitative estimate of drug-likeness (QED) is 0.844. The molecule has 104 valence electrons. The number of hydrogen-bond donors (Lipinski definition) is 1.